The van der Waals surface area contributed by atoms with Crippen LogP contribution in [0, 0.1) is 11.7 Å². The van der Waals surface area contributed by atoms with Crippen LogP contribution >= 0.6 is 0 Å². The third-order valence-corrected chi connectivity index (χ3v) is 3.57. The van der Waals surface area contributed by atoms with Gasteiger partial charge in [0.15, 0.2) is 0 Å². The second-order valence-corrected chi connectivity index (χ2v) is 4.55. The SMILES string of the molecule is NCC1CCn2c(cc3c(F)cccc32)C1. The Balaban J connectivity index is 2.16. The summed E-state index contributed by atoms with van der Waals surface area (Å²) >= 11 is 0. The van der Waals surface area contributed by atoms with E-state index in [1.54, 1.807) is 6.07 Å². The average molecular weight is 218 g/mol. The van der Waals surface area contributed by atoms with E-state index in [1.165, 1.54) is 11.8 Å². The molecule has 2 aromatic rings. The molecule has 16 heavy (non-hydrogen) atoms. The van der Waals surface area contributed by atoms with Gasteiger partial charge in [-0.25, -0.2) is 4.39 Å². The first-order chi connectivity index (χ1) is 7.79. The van der Waals surface area contributed by atoms with Gasteiger partial charge >= 0.3 is 0 Å². The first-order valence-electron chi connectivity index (χ1n) is 5.76. The largest absolute Gasteiger partial charge is 0.344 e. The van der Waals surface area contributed by atoms with E-state index in [-0.39, 0.29) is 5.82 Å². The van der Waals surface area contributed by atoms with Crippen LogP contribution in [0.5, 0.6) is 0 Å². The van der Waals surface area contributed by atoms with Gasteiger partial charge in [-0.05, 0) is 43.5 Å². The van der Waals surface area contributed by atoms with Crippen molar-refractivity contribution in [2.24, 2.45) is 11.7 Å². The molecule has 2 N–H and O–H groups in total. The van der Waals surface area contributed by atoms with Crippen molar-refractivity contribution in [2.75, 3.05) is 6.54 Å². The van der Waals surface area contributed by atoms with E-state index >= 15 is 0 Å². The van der Waals surface area contributed by atoms with E-state index in [9.17, 15) is 4.39 Å². The van der Waals surface area contributed by atoms with Crippen LogP contribution in [0.15, 0.2) is 24.3 Å². The quantitative estimate of drug-likeness (QED) is 0.782. The molecule has 0 fully saturated rings. The number of hydrogen-bond donors (Lipinski definition) is 1. The lowest BCUT2D eigenvalue weighted by atomic mass is 9.96. The van der Waals surface area contributed by atoms with Crippen molar-refractivity contribution in [1.82, 2.24) is 4.57 Å². The smallest absolute Gasteiger partial charge is 0.132 e. The van der Waals surface area contributed by atoms with Crippen LogP contribution in [0.3, 0.4) is 0 Å². The van der Waals surface area contributed by atoms with Gasteiger partial charge in [-0.3, -0.25) is 0 Å². The van der Waals surface area contributed by atoms with Gasteiger partial charge in [-0.1, -0.05) is 6.07 Å². The fourth-order valence-electron chi connectivity index (χ4n) is 2.65. The molecule has 84 valence electrons. The van der Waals surface area contributed by atoms with Gasteiger partial charge in [0.05, 0.1) is 5.52 Å². The lowest BCUT2D eigenvalue weighted by Crippen LogP contribution is -2.24. The van der Waals surface area contributed by atoms with Crippen molar-refractivity contribution in [3.8, 4) is 0 Å². The monoisotopic (exact) mass is 218 g/mol. The molecule has 0 spiro atoms. The first kappa shape index (κ1) is 9.85. The maximum Gasteiger partial charge on any atom is 0.132 e. The van der Waals surface area contributed by atoms with Gasteiger partial charge < -0.3 is 10.3 Å². The van der Waals surface area contributed by atoms with Crippen LogP contribution in [-0.4, -0.2) is 11.1 Å². The van der Waals surface area contributed by atoms with Crippen LogP contribution < -0.4 is 5.73 Å². The zero-order valence-corrected chi connectivity index (χ0v) is 9.12. The molecular weight excluding hydrogens is 203 g/mol. The summed E-state index contributed by atoms with van der Waals surface area (Å²) in [5.41, 5.74) is 7.94. The number of aromatic nitrogens is 1. The van der Waals surface area contributed by atoms with Crippen LogP contribution in [0.4, 0.5) is 4.39 Å². The summed E-state index contributed by atoms with van der Waals surface area (Å²) in [5, 5.41) is 0.746. The van der Waals surface area contributed by atoms with Gasteiger partial charge in [-0.2, -0.15) is 0 Å². The van der Waals surface area contributed by atoms with E-state index in [1.807, 2.05) is 12.1 Å². The summed E-state index contributed by atoms with van der Waals surface area (Å²) in [6, 6.07) is 7.27. The summed E-state index contributed by atoms with van der Waals surface area (Å²) in [4.78, 5) is 0. The third kappa shape index (κ3) is 1.35. The Morgan fingerprint density at radius 2 is 2.31 bits per heavy atom. The number of benzene rings is 1. The van der Waals surface area contributed by atoms with Gasteiger partial charge in [0.1, 0.15) is 5.82 Å². The minimum atomic E-state index is -0.122. The molecule has 2 nitrogen and oxygen atoms in total. The third-order valence-electron chi connectivity index (χ3n) is 3.57. The molecule has 3 heteroatoms. The Kier molecular flexibility index (Phi) is 2.21. The molecule has 0 aliphatic carbocycles. The van der Waals surface area contributed by atoms with Crippen molar-refractivity contribution in [2.45, 2.75) is 19.4 Å². The van der Waals surface area contributed by atoms with E-state index in [2.05, 4.69) is 4.57 Å². The topological polar surface area (TPSA) is 30.9 Å². The van der Waals surface area contributed by atoms with Gasteiger partial charge in [0.25, 0.3) is 0 Å². The molecule has 1 unspecified atom stereocenters. The second-order valence-electron chi connectivity index (χ2n) is 4.55. The molecule has 1 aliphatic rings. The average Bonchev–Trinajstić information content (AvgIpc) is 2.68. The van der Waals surface area contributed by atoms with Crippen LogP contribution in [0.2, 0.25) is 0 Å². The number of fused-ring (bicyclic) bond motifs is 3. The van der Waals surface area contributed by atoms with Crippen molar-refractivity contribution in [3.63, 3.8) is 0 Å². The van der Waals surface area contributed by atoms with Gasteiger partial charge in [0, 0.05) is 17.6 Å². The van der Waals surface area contributed by atoms with E-state index in [0.29, 0.717) is 5.92 Å². The van der Waals surface area contributed by atoms with Crippen LogP contribution in [0.1, 0.15) is 12.1 Å². The maximum atomic E-state index is 13.6. The number of aryl methyl sites for hydroxylation is 1. The van der Waals surface area contributed by atoms with Crippen molar-refractivity contribution in [3.05, 3.63) is 35.8 Å². The van der Waals surface area contributed by atoms with Crippen molar-refractivity contribution < 1.29 is 4.39 Å². The highest BCUT2D eigenvalue weighted by molar-refractivity contribution is 5.82. The number of nitrogens with two attached hydrogens (primary N) is 1. The number of hydrogen-bond acceptors (Lipinski definition) is 1. The minimum Gasteiger partial charge on any atom is -0.344 e. The highest BCUT2D eigenvalue weighted by atomic mass is 19.1. The molecule has 1 aromatic heterocycles. The number of rotatable bonds is 1. The van der Waals surface area contributed by atoms with Crippen molar-refractivity contribution in [1.29, 1.82) is 0 Å². The van der Waals surface area contributed by atoms with E-state index in [4.69, 9.17) is 5.73 Å². The number of nitrogens with zero attached hydrogens (tertiary/aromatic N) is 1. The van der Waals surface area contributed by atoms with E-state index in [0.717, 1.165) is 36.8 Å². The lowest BCUT2D eigenvalue weighted by Gasteiger charge is -2.23. The van der Waals surface area contributed by atoms with E-state index < -0.39 is 0 Å². The fraction of sp³-hybridized carbons (Fsp3) is 0.385. The molecule has 0 amide bonds. The Morgan fingerprint density at radius 1 is 1.44 bits per heavy atom. The molecule has 1 atom stereocenters. The highest BCUT2D eigenvalue weighted by Crippen LogP contribution is 2.28. The Hall–Kier alpha value is -1.35. The molecule has 0 saturated heterocycles. The zero-order chi connectivity index (χ0) is 11.1. The summed E-state index contributed by atoms with van der Waals surface area (Å²) in [6.45, 7) is 1.69. The molecular formula is C13H15FN2. The molecule has 0 bridgehead atoms. The molecule has 0 radical (unpaired) electrons. The van der Waals surface area contributed by atoms with Gasteiger partial charge in [-0.15, -0.1) is 0 Å². The fourth-order valence-corrected chi connectivity index (χ4v) is 2.65. The van der Waals surface area contributed by atoms with Crippen LogP contribution in [0.25, 0.3) is 10.9 Å². The zero-order valence-electron chi connectivity index (χ0n) is 9.12. The summed E-state index contributed by atoms with van der Waals surface area (Å²) in [7, 11) is 0. The number of halogens is 1. The lowest BCUT2D eigenvalue weighted by molar-refractivity contribution is 0.402. The summed E-state index contributed by atoms with van der Waals surface area (Å²) in [5.74, 6) is 0.434. The minimum absolute atomic E-state index is 0.122. The van der Waals surface area contributed by atoms with Crippen molar-refractivity contribution >= 4 is 10.9 Å². The summed E-state index contributed by atoms with van der Waals surface area (Å²) < 4.78 is 15.8. The molecule has 1 aromatic carbocycles. The normalized spacial score (nSPS) is 20.0. The Morgan fingerprint density at radius 3 is 3.12 bits per heavy atom. The second kappa shape index (κ2) is 3.59. The predicted octanol–water partition coefficient (Wildman–Crippen LogP) is 2.30. The molecule has 0 saturated carbocycles. The van der Waals surface area contributed by atoms with Gasteiger partial charge in [0.2, 0.25) is 0 Å². The Labute approximate surface area is 93.9 Å². The highest BCUT2D eigenvalue weighted by Gasteiger charge is 2.20. The molecule has 2 heterocycles. The first-order valence-corrected chi connectivity index (χ1v) is 5.76. The maximum absolute atomic E-state index is 13.6. The summed E-state index contributed by atoms with van der Waals surface area (Å²) in [6.07, 6.45) is 2.08. The predicted molar refractivity (Wildman–Crippen MR) is 62.8 cm³/mol. The van der Waals surface area contributed by atoms with Crippen LogP contribution in [-0.2, 0) is 13.0 Å². The Bertz CT molecular complexity index is 530. The molecule has 1 aliphatic heterocycles. The molecule has 3 rings (SSSR count). The standard InChI is InChI=1S/C13H15FN2/c14-12-2-1-3-13-11(12)7-10-6-9(8-15)4-5-16(10)13/h1-3,7,9H,4-6,8,15H2.